The third kappa shape index (κ3) is 5.57. The van der Waals surface area contributed by atoms with Crippen molar-refractivity contribution in [3.05, 3.63) is 88.0 Å². The molecule has 1 N–H and O–H groups in total. The number of pyridine rings is 1. The van der Waals surface area contributed by atoms with Crippen molar-refractivity contribution in [1.29, 1.82) is 0 Å². The molecule has 8 heteroatoms. The molecule has 3 aromatic rings. The van der Waals surface area contributed by atoms with Crippen molar-refractivity contribution in [1.82, 2.24) is 9.47 Å². The molecule has 4 heterocycles. The van der Waals surface area contributed by atoms with Crippen LogP contribution in [0, 0.1) is 18.3 Å². The highest BCUT2D eigenvalue weighted by molar-refractivity contribution is 7.84. The Hall–Kier alpha value is -3.65. The fraction of sp³-hybridized carbons (Fsp3) is 0.429. The van der Waals surface area contributed by atoms with Gasteiger partial charge in [0.2, 0.25) is 0 Å². The van der Waals surface area contributed by atoms with Crippen molar-refractivity contribution in [2.45, 2.75) is 51.5 Å². The maximum absolute atomic E-state index is 13.8. The molecule has 2 unspecified atom stereocenters. The average molecular weight is 598 g/mol. The Labute approximate surface area is 257 Å². The second-order valence-corrected chi connectivity index (χ2v) is 14.2. The molecule has 3 atom stereocenters. The fourth-order valence-electron chi connectivity index (χ4n) is 7.11. The summed E-state index contributed by atoms with van der Waals surface area (Å²) in [5, 5.41) is 5.31. The normalized spacial score (nSPS) is 24.4. The summed E-state index contributed by atoms with van der Waals surface area (Å²) in [5.41, 5.74) is 5.63. The maximum atomic E-state index is 13.8. The quantitative estimate of drug-likeness (QED) is 0.368. The van der Waals surface area contributed by atoms with Crippen molar-refractivity contribution < 1.29 is 4.21 Å². The number of anilines is 2. The number of nitrogens with one attached hydrogen (secondary N) is 1. The van der Waals surface area contributed by atoms with Crippen molar-refractivity contribution >= 4 is 38.8 Å². The average Bonchev–Trinajstić information content (AvgIpc) is 3.39. The van der Waals surface area contributed by atoms with E-state index in [9.17, 15) is 9.00 Å². The van der Waals surface area contributed by atoms with Gasteiger partial charge in [0, 0.05) is 79.9 Å². The molecule has 3 aliphatic rings. The number of aliphatic imine (C=N–C) groups is 1. The Balaban J connectivity index is 1.28. The van der Waals surface area contributed by atoms with Gasteiger partial charge in [0.05, 0.1) is 21.4 Å². The van der Waals surface area contributed by atoms with Crippen molar-refractivity contribution in [3.8, 4) is 0 Å². The van der Waals surface area contributed by atoms with Crippen LogP contribution in [0.25, 0.3) is 10.8 Å². The number of hydrogen-bond acceptors (Lipinski definition) is 6. The highest BCUT2D eigenvalue weighted by Gasteiger charge is 2.49. The highest BCUT2D eigenvalue weighted by atomic mass is 32.2. The molecule has 2 aromatic carbocycles. The summed E-state index contributed by atoms with van der Waals surface area (Å²) >= 11 is 0. The topological polar surface area (TPSA) is 69.9 Å². The smallest absolute Gasteiger partial charge is 0.259 e. The van der Waals surface area contributed by atoms with Gasteiger partial charge in [-0.05, 0) is 80.5 Å². The molecule has 0 radical (unpaired) electrons. The third-order valence-electron chi connectivity index (χ3n) is 9.48. The van der Waals surface area contributed by atoms with Crippen LogP contribution >= 0.6 is 0 Å². The van der Waals surface area contributed by atoms with Crippen LogP contribution in [0.4, 0.5) is 11.5 Å². The van der Waals surface area contributed by atoms with Crippen LogP contribution in [0.15, 0.2) is 81.2 Å². The molecule has 0 amide bonds. The van der Waals surface area contributed by atoms with Crippen molar-refractivity contribution in [2.75, 3.05) is 42.7 Å². The summed E-state index contributed by atoms with van der Waals surface area (Å²) in [6.07, 6.45) is 10.3. The van der Waals surface area contributed by atoms with E-state index in [0.717, 1.165) is 83.0 Å². The Morgan fingerprint density at radius 2 is 1.81 bits per heavy atom. The van der Waals surface area contributed by atoms with E-state index in [0.29, 0.717) is 5.92 Å². The Bertz CT molecular complexity index is 1750. The lowest BCUT2D eigenvalue weighted by atomic mass is 9.78. The largest absolute Gasteiger partial charge is 0.378 e. The Kier molecular flexibility index (Phi) is 7.84. The van der Waals surface area contributed by atoms with E-state index in [-0.39, 0.29) is 17.0 Å². The molecular formula is C35H43N5O2S. The predicted molar refractivity (Wildman–Crippen MR) is 180 cm³/mol. The SMILES string of the molecule is CC1=N\C=C(\N2CC3(CCN(c4cc5c([C@@H](C)Nc6ccccc6S(C)=O)cc(C)cc5c(=O)n4C)C3)C2)C(C)C\C=C\1. The minimum absolute atomic E-state index is 0.0330. The number of aromatic nitrogens is 1. The van der Waals surface area contributed by atoms with E-state index in [4.69, 9.17) is 0 Å². The number of nitrogens with zero attached hydrogens (tertiary/aromatic N) is 4. The minimum atomic E-state index is -1.11. The predicted octanol–water partition coefficient (Wildman–Crippen LogP) is 6.17. The molecular weight excluding hydrogens is 554 g/mol. The van der Waals surface area contributed by atoms with Gasteiger partial charge in [-0.25, -0.2) is 0 Å². The molecule has 2 fully saturated rings. The van der Waals surface area contributed by atoms with Crippen LogP contribution in [0.1, 0.15) is 50.8 Å². The monoisotopic (exact) mass is 597 g/mol. The third-order valence-corrected chi connectivity index (χ3v) is 10.5. The zero-order valence-corrected chi connectivity index (χ0v) is 27.0. The lowest BCUT2D eigenvalue weighted by Gasteiger charge is -2.51. The molecule has 7 nitrogen and oxygen atoms in total. The number of aryl methyl sites for hydroxylation is 1. The summed E-state index contributed by atoms with van der Waals surface area (Å²) in [4.78, 5) is 24.2. The van der Waals surface area contributed by atoms with Gasteiger partial charge in [0.15, 0.2) is 0 Å². The van der Waals surface area contributed by atoms with Crippen LogP contribution in [0.3, 0.4) is 0 Å². The molecule has 0 bridgehead atoms. The summed E-state index contributed by atoms with van der Waals surface area (Å²) in [5.74, 6) is 1.43. The van der Waals surface area contributed by atoms with Crippen LogP contribution < -0.4 is 15.8 Å². The molecule has 0 aliphatic carbocycles. The first-order valence-corrected chi connectivity index (χ1v) is 16.9. The Morgan fingerprint density at radius 3 is 2.58 bits per heavy atom. The number of allylic oxidation sites excluding steroid dienone is 3. The fourth-order valence-corrected chi connectivity index (χ4v) is 7.82. The van der Waals surface area contributed by atoms with Crippen LogP contribution in [0.5, 0.6) is 0 Å². The van der Waals surface area contributed by atoms with Crippen LogP contribution in [0.2, 0.25) is 0 Å². The first-order chi connectivity index (χ1) is 20.5. The maximum Gasteiger partial charge on any atom is 0.259 e. The molecule has 1 spiro atoms. The van der Waals surface area contributed by atoms with E-state index in [1.165, 1.54) is 5.70 Å². The summed E-state index contributed by atoms with van der Waals surface area (Å²) in [7, 11) is 0.795. The second kappa shape index (κ2) is 11.5. The molecule has 2 saturated heterocycles. The van der Waals surface area contributed by atoms with E-state index in [2.05, 4.69) is 71.4 Å². The van der Waals surface area contributed by atoms with Gasteiger partial charge in [-0.3, -0.25) is 18.6 Å². The number of fused-ring (bicyclic) bond motifs is 1. The van der Waals surface area contributed by atoms with Gasteiger partial charge in [0.1, 0.15) is 5.82 Å². The molecule has 1 aromatic heterocycles. The lowest BCUT2D eigenvalue weighted by molar-refractivity contribution is 0.0399. The molecule has 6 rings (SSSR count). The standard InChI is InChI=1S/C35H43N5O2S/c1-23-16-27(26(4)37-30-12-7-8-13-32(30)43(6)42)28-18-33(38(5)34(41)29(28)17-23)39-15-14-35(20-39)21-40(22-35)31-19-36-25(3)11-9-10-24(31)2/h7-9,11-13,16-19,24,26,37H,10,14-15,20-22H2,1-6H3/b11-9+,31-19+,36-25+/t24?,26-,43?/m1/s1. The van der Waals surface area contributed by atoms with E-state index >= 15 is 0 Å². The van der Waals surface area contributed by atoms with Gasteiger partial charge >= 0.3 is 0 Å². The summed E-state index contributed by atoms with van der Waals surface area (Å²) < 4.78 is 14.2. The van der Waals surface area contributed by atoms with Crippen molar-refractivity contribution in [3.63, 3.8) is 0 Å². The van der Waals surface area contributed by atoms with Gasteiger partial charge in [-0.2, -0.15) is 0 Å². The Morgan fingerprint density at radius 1 is 1.07 bits per heavy atom. The second-order valence-electron chi connectivity index (χ2n) is 12.9. The number of para-hydroxylation sites is 1. The summed E-state index contributed by atoms with van der Waals surface area (Å²) in [6, 6.07) is 14.0. The molecule has 43 heavy (non-hydrogen) atoms. The van der Waals surface area contributed by atoms with Gasteiger partial charge < -0.3 is 15.1 Å². The zero-order chi connectivity index (χ0) is 30.5. The van der Waals surface area contributed by atoms with Gasteiger partial charge in [-0.15, -0.1) is 0 Å². The number of rotatable bonds is 6. The zero-order valence-electron chi connectivity index (χ0n) is 26.2. The number of likely N-dealkylation sites (tertiary alicyclic amines) is 1. The minimum Gasteiger partial charge on any atom is -0.378 e. The van der Waals surface area contributed by atoms with Crippen LogP contribution in [-0.4, -0.2) is 51.8 Å². The summed E-state index contributed by atoms with van der Waals surface area (Å²) in [6.45, 7) is 12.4. The van der Waals surface area contributed by atoms with E-state index in [1.807, 2.05) is 48.9 Å². The first kappa shape index (κ1) is 29.4. The van der Waals surface area contributed by atoms with E-state index < -0.39 is 10.8 Å². The molecule has 0 saturated carbocycles. The highest BCUT2D eigenvalue weighted by Crippen LogP contribution is 2.44. The molecule has 3 aliphatic heterocycles. The molecule has 226 valence electrons. The van der Waals surface area contributed by atoms with E-state index in [1.54, 1.807) is 6.26 Å². The van der Waals surface area contributed by atoms with Gasteiger partial charge in [-0.1, -0.05) is 31.2 Å². The van der Waals surface area contributed by atoms with Crippen LogP contribution in [-0.2, 0) is 17.8 Å². The number of benzene rings is 2. The lowest BCUT2D eigenvalue weighted by Crippen LogP contribution is -2.57. The first-order valence-electron chi connectivity index (χ1n) is 15.3. The van der Waals surface area contributed by atoms with Crippen molar-refractivity contribution in [2.24, 2.45) is 23.4 Å². The number of hydrogen-bond donors (Lipinski definition) is 1. The van der Waals surface area contributed by atoms with Gasteiger partial charge in [0.25, 0.3) is 5.56 Å².